The highest BCUT2D eigenvalue weighted by Crippen LogP contribution is 2.61. The van der Waals surface area contributed by atoms with E-state index in [1.165, 1.54) is 6.08 Å². The highest BCUT2D eigenvalue weighted by Gasteiger charge is 2.76. The van der Waals surface area contributed by atoms with Crippen LogP contribution in [-0.2, 0) is 14.6 Å². The first-order valence-corrected chi connectivity index (χ1v) is 6.32. The molecule has 0 aliphatic heterocycles. The molecule has 0 saturated heterocycles. The fourth-order valence-electron chi connectivity index (χ4n) is 2.04. The maximum absolute atomic E-state index is 12.0. The van der Waals surface area contributed by atoms with Crippen LogP contribution in [0, 0.1) is 5.41 Å². The number of carbonyl (C=O) groups excluding carboxylic acids is 1. The predicted molar refractivity (Wildman–Crippen MR) is 55.3 cm³/mol. The Morgan fingerprint density at radius 1 is 1.47 bits per heavy atom. The number of nitrogens with two attached hydrogens (primary N) is 2. The van der Waals surface area contributed by atoms with Gasteiger partial charge in [0.2, 0.25) is 5.91 Å². The van der Waals surface area contributed by atoms with Crippen LogP contribution in [-0.4, -0.2) is 24.4 Å². The van der Waals surface area contributed by atoms with Crippen molar-refractivity contribution in [2.24, 2.45) is 16.9 Å². The van der Waals surface area contributed by atoms with Crippen LogP contribution in [0.15, 0.2) is 12.7 Å². The van der Waals surface area contributed by atoms with Crippen molar-refractivity contribution in [3.05, 3.63) is 12.7 Å². The van der Waals surface area contributed by atoms with Gasteiger partial charge in [-0.25, -0.2) is 8.42 Å². The molecule has 6 heteroatoms. The minimum absolute atomic E-state index is 0.0671. The summed E-state index contributed by atoms with van der Waals surface area (Å²) in [6, 6.07) is 0. The average Bonchev–Trinajstić information content (AvgIpc) is 2.97. The zero-order valence-electron chi connectivity index (χ0n) is 8.27. The lowest BCUT2D eigenvalue weighted by Gasteiger charge is -2.16. The number of rotatable bonds is 4. The van der Waals surface area contributed by atoms with Gasteiger partial charge in [0, 0.05) is 6.42 Å². The molecule has 0 bridgehead atoms. The van der Waals surface area contributed by atoms with Gasteiger partial charge in [-0.1, -0.05) is 6.08 Å². The fourth-order valence-corrected chi connectivity index (χ4v) is 4.51. The number of amides is 1. The Kier molecular flexibility index (Phi) is 1.86. The van der Waals surface area contributed by atoms with Crippen molar-refractivity contribution in [3.63, 3.8) is 0 Å². The van der Waals surface area contributed by atoms with E-state index in [1.807, 2.05) is 0 Å². The molecule has 2 aliphatic rings. The van der Waals surface area contributed by atoms with Crippen molar-refractivity contribution in [2.45, 2.75) is 29.4 Å². The van der Waals surface area contributed by atoms with Crippen molar-refractivity contribution in [1.29, 1.82) is 0 Å². The van der Waals surface area contributed by atoms with Crippen molar-refractivity contribution in [1.82, 2.24) is 0 Å². The first-order valence-electron chi connectivity index (χ1n) is 4.78. The minimum atomic E-state index is -3.45. The van der Waals surface area contributed by atoms with Crippen LogP contribution < -0.4 is 11.5 Å². The predicted octanol–water partition coefficient (Wildman–Crippen LogP) is -0.720. The molecule has 1 amide bonds. The van der Waals surface area contributed by atoms with Gasteiger partial charge < -0.3 is 11.5 Å². The smallest absolute Gasteiger partial charge is 0.230 e. The Labute approximate surface area is 88.4 Å². The van der Waals surface area contributed by atoms with Crippen molar-refractivity contribution < 1.29 is 13.2 Å². The molecular formula is C9H14N2O3S. The summed E-state index contributed by atoms with van der Waals surface area (Å²) in [5.74, 6) is -0.704. The molecule has 0 radical (unpaired) electrons. The first kappa shape index (κ1) is 10.6. The number of hydrogen-bond acceptors (Lipinski definition) is 4. The molecular weight excluding hydrogens is 216 g/mol. The normalized spacial score (nSPS) is 39.8. The van der Waals surface area contributed by atoms with Gasteiger partial charge in [-0.15, -0.1) is 6.58 Å². The van der Waals surface area contributed by atoms with E-state index in [2.05, 4.69) is 6.58 Å². The molecule has 0 spiro atoms. The molecule has 0 aromatic carbocycles. The Hall–Kier alpha value is -0.880. The van der Waals surface area contributed by atoms with Gasteiger partial charge in [0.15, 0.2) is 9.84 Å². The summed E-state index contributed by atoms with van der Waals surface area (Å²) in [6.45, 7) is 3.46. The van der Waals surface area contributed by atoms with E-state index < -0.39 is 26.0 Å². The SMILES string of the molecule is C=CC1(C(N)=O)CC1(N)S(=O)(=O)C1CC1. The molecule has 2 aliphatic carbocycles. The molecule has 2 rings (SSSR count). The quantitative estimate of drug-likeness (QED) is 0.622. The zero-order valence-corrected chi connectivity index (χ0v) is 9.09. The Morgan fingerprint density at radius 3 is 2.27 bits per heavy atom. The minimum Gasteiger partial charge on any atom is -0.369 e. The molecule has 2 unspecified atom stereocenters. The summed E-state index contributed by atoms with van der Waals surface area (Å²) in [6.07, 6.45) is 2.60. The third kappa shape index (κ3) is 1.06. The van der Waals surface area contributed by atoms with Crippen molar-refractivity contribution >= 4 is 15.7 Å². The standard InChI is InChI=1S/C9H14N2O3S/c1-2-8(7(10)12)5-9(8,11)15(13,14)6-3-4-6/h2,6H,1,3-5,11H2,(H2,10,12). The van der Waals surface area contributed by atoms with Crippen LogP contribution in [0.4, 0.5) is 0 Å². The van der Waals surface area contributed by atoms with Crippen molar-refractivity contribution in [3.8, 4) is 0 Å². The summed E-state index contributed by atoms with van der Waals surface area (Å²) < 4.78 is 24.0. The maximum atomic E-state index is 12.0. The molecule has 2 atom stereocenters. The molecule has 2 saturated carbocycles. The zero-order chi connectivity index (χ0) is 11.5. The molecule has 5 nitrogen and oxygen atoms in total. The lowest BCUT2D eigenvalue weighted by Crippen LogP contribution is -2.45. The summed E-state index contributed by atoms with van der Waals surface area (Å²) in [5.41, 5.74) is 9.72. The molecule has 4 N–H and O–H groups in total. The van der Waals surface area contributed by atoms with Gasteiger partial charge in [-0.2, -0.15) is 0 Å². The Balaban J connectivity index is 2.40. The first-order chi connectivity index (χ1) is 6.82. The maximum Gasteiger partial charge on any atom is 0.230 e. The van der Waals surface area contributed by atoms with Gasteiger partial charge in [-0.3, -0.25) is 4.79 Å². The second kappa shape index (κ2) is 2.62. The highest BCUT2D eigenvalue weighted by molar-refractivity contribution is 7.94. The molecule has 2 fully saturated rings. The van der Waals surface area contributed by atoms with E-state index in [9.17, 15) is 13.2 Å². The molecule has 0 heterocycles. The fraction of sp³-hybridized carbons (Fsp3) is 0.667. The van der Waals surface area contributed by atoms with E-state index in [-0.39, 0.29) is 11.7 Å². The highest BCUT2D eigenvalue weighted by atomic mass is 32.2. The van der Waals surface area contributed by atoms with Crippen molar-refractivity contribution in [2.75, 3.05) is 0 Å². The topological polar surface area (TPSA) is 103 Å². The van der Waals surface area contributed by atoms with E-state index in [0.29, 0.717) is 12.8 Å². The van der Waals surface area contributed by atoms with E-state index >= 15 is 0 Å². The van der Waals surface area contributed by atoms with Gasteiger partial charge >= 0.3 is 0 Å². The van der Waals surface area contributed by atoms with E-state index in [1.54, 1.807) is 0 Å². The van der Waals surface area contributed by atoms with Crippen LogP contribution in [0.5, 0.6) is 0 Å². The molecule has 0 aromatic heterocycles. The second-order valence-corrected chi connectivity index (χ2v) is 6.84. The Morgan fingerprint density at radius 2 is 2.00 bits per heavy atom. The van der Waals surface area contributed by atoms with Crippen LogP contribution in [0.2, 0.25) is 0 Å². The lowest BCUT2D eigenvalue weighted by molar-refractivity contribution is -0.121. The average molecular weight is 230 g/mol. The lowest BCUT2D eigenvalue weighted by atomic mass is 10.1. The monoisotopic (exact) mass is 230 g/mol. The van der Waals surface area contributed by atoms with Gasteiger partial charge in [0.1, 0.15) is 10.3 Å². The van der Waals surface area contributed by atoms with Crippen LogP contribution in [0.1, 0.15) is 19.3 Å². The summed E-state index contributed by atoms with van der Waals surface area (Å²) in [4.78, 5) is 9.72. The number of sulfone groups is 1. The largest absolute Gasteiger partial charge is 0.369 e. The molecule has 0 aromatic rings. The molecule has 15 heavy (non-hydrogen) atoms. The number of primary amides is 1. The van der Waals surface area contributed by atoms with Gasteiger partial charge in [0.05, 0.1) is 5.25 Å². The Bertz CT molecular complexity index is 440. The van der Waals surface area contributed by atoms with E-state index in [0.717, 1.165) is 0 Å². The van der Waals surface area contributed by atoms with E-state index in [4.69, 9.17) is 11.5 Å². The van der Waals surface area contributed by atoms with Crippen LogP contribution in [0.25, 0.3) is 0 Å². The third-order valence-corrected chi connectivity index (χ3v) is 6.30. The second-order valence-electron chi connectivity index (χ2n) is 4.35. The van der Waals surface area contributed by atoms with Gasteiger partial charge in [0.25, 0.3) is 0 Å². The summed E-state index contributed by atoms with van der Waals surface area (Å²) >= 11 is 0. The molecule has 84 valence electrons. The number of carbonyl (C=O) groups is 1. The summed E-state index contributed by atoms with van der Waals surface area (Å²) in [7, 11) is -3.45. The number of hydrogen-bond donors (Lipinski definition) is 2. The third-order valence-electron chi connectivity index (χ3n) is 3.43. The summed E-state index contributed by atoms with van der Waals surface area (Å²) in [5, 5.41) is -0.385. The van der Waals surface area contributed by atoms with Gasteiger partial charge in [-0.05, 0) is 12.8 Å². The van der Waals surface area contributed by atoms with Crippen LogP contribution in [0.3, 0.4) is 0 Å². The van der Waals surface area contributed by atoms with Crippen LogP contribution >= 0.6 is 0 Å².